The van der Waals surface area contributed by atoms with Crippen LogP contribution in [0.25, 0.3) is 0 Å². The van der Waals surface area contributed by atoms with Gasteiger partial charge in [0.2, 0.25) is 5.91 Å². The second kappa shape index (κ2) is 9.45. The van der Waals surface area contributed by atoms with Gasteiger partial charge in [-0.25, -0.2) is 0 Å². The first-order valence-electron chi connectivity index (χ1n) is 10.6. The Hall–Kier alpha value is -2.97. The molecule has 1 N–H and O–H groups in total. The summed E-state index contributed by atoms with van der Waals surface area (Å²) in [6.45, 7) is 4.18. The van der Waals surface area contributed by atoms with Crippen molar-refractivity contribution in [3.05, 3.63) is 69.8 Å². The first-order valence-corrected chi connectivity index (χ1v) is 10.6. The third-order valence-electron chi connectivity index (χ3n) is 6.18. The van der Waals surface area contributed by atoms with E-state index in [9.17, 15) is 14.9 Å². The summed E-state index contributed by atoms with van der Waals surface area (Å²) in [5.41, 5.74) is 3.20. The van der Waals surface area contributed by atoms with Gasteiger partial charge in [0.25, 0.3) is 5.69 Å². The molecule has 0 aromatic heterocycles. The van der Waals surface area contributed by atoms with Crippen LogP contribution in [0, 0.1) is 16.0 Å². The molecule has 2 heterocycles. The molecule has 164 valence electrons. The summed E-state index contributed by atoms with van der Waals surface area (Å²) in [4.78, 5) is 28.6. The minimum Gasteiger partial charge on any atom is -0.383 e. The molecule has 1 saturated heterocycles. The lowest BCUT2D eigenvalue weighted by atomic mass is 9.83. The number of amides is 1. The predicted octanol–water partition coefficient (Wildman–Crippen LogP) is 2.22. The zero-order valence-electron chi connectivity index (χ0n) is 17.7. The van der Waals surface area contributed by atoms with Crippen LogP contribution in [0.1, 0.15) is 11.1 Å². The number of piperazine rings is 1. The van der Waals surface area contributed by atoms with Crippen LogP contribution in [0.2, 0.25) is 0 Å². The van der Waals surface area contributed by atoms with Crippen molar-refractivity contribution in [2.24, 2.45) is 5.92 Å². The summed E-state index contributed by atoms with van der Waals surface area (Å²) in [6, 6.07) is 15.4. The molecule has 0 radical (unpaired) electrons. The number of nitro benzene ring substituents is 1. The van der Waals surface area contributed by atoms with Crippen LogP contribution in [-0.2, 0) is 22.5 Å². The monoisotopic (exact) mass is 424 g/mol. The maximum Gasteiger partial charge on any atom is 0.269 e. The summed E-state index contributed by atoms with van der Waals surface area (Å²) in [6.07, 6.45) is 0.496. The van der Waals surface area contributed by atoms with E-state index in [2.05, 4.69) is 27.2 Å². The van der Waals surface area contributed by atoms with Crippen LogP contribution >= 0.6 is 0 Å². The average molecular weight is 425 g/mol. The maximum atomic E-state index is 13.1. The molecule has 8 heteroatoms. The number of nitrogens with zero attached hydrogens (tertiary/aromatic N) is 3. The quantitative estimate of drug-likeness (QED) is 0.417. The Labute approximate surface area is 181 Å². The summed E-state index contributed by atoms with van der Waals surface area (Å²) < 4.78 is 5.06. The number of anilines is 1. The van der Waals surface area contributed by atoms with Crippen molar-refractivity contribution in [2.45, 2.75) is 19.0 Å². The van der Waals surface area contributed by atoms with Crippen molar-refractivity contribution in [3.8, 4) is 0 Å². The third-order valence-corrected chi connectivity index (χ3v) is 6.18. The molecule has 0 bridgehead atoms. The molecule has 2 aromatic carbocycles. The number of non-ortho nitro benzene ring substituents is 1. The van der Waals surface area contributed by atoms with E-state index >= 15 is 0 Å². The lowest BCUT2D eigenvalue weighted by molar-refractivity contribution is -0.384. The highest BCUT2D eigenvalue weighted by atomic mass is 16.6. The number of ether oxygens (including phenoxy) is 1. The Bertz CT molecular complexity index is 936. The fourth-order valence-corrected chi connectivity index (χ4v) is 4.68. The highest BCUT2D eigenvalue weighted by molar-refractivity contribution is 5.82. The van der Waals surface area contributed by atoms with Gasteiger partial charge in [0.15, 0.2) is 0 Å². The number of carbonyl (C=O) groups excluding carboxylic acids is 1. The number of nitro groups is 1. The molecule has 8 nitrogen and oxygen atoms in total. The molecule has 0 aliphatic carbocycles. The standard InChI is InChI=1S/C23H28N4O4/c1-31-12-9-24-23(28)20-14-18-13-19(27(29)30)7-8-21(18)26-11-10-25(16-22(20)26)15-17-5-3-2-4-6-17/h2-8,13,20,22H,9-12,14-16H2,1H3,(H,24,28). The van der Waals surface area contributed by atoms with Crippen molar-refractivity contribution in [1.29, 1.82) is 0 Å². The molecule has 31 heavy (non-hydrogen) atoms. The molecule has 0 saturated carbocycles. The predicted molar refractivity (Wildman–Crippen MR) is 118 cm³/mol. The zero-order chi connectivity index (χ0) is 21.8. The Balaban J connectivity index is 1.58. The van der Waals surface area contributed by atoms with Gasteiger partial charge in [0.1, 0.15) is 0 Å². The van der Waals surface area contributed by atoms with Crippen molar-refractivity contribution in [2.75, 3.05) is 44.8 Å². The largest absolute Gasteiger partial charge is 0.383 e. The lowest BCUT2D eigenvalue weighted by Crippen LogP contribution is -2.61. The molecular weight excluding hydrogens is 396 g/mol. The highest BCUT2D eigenvalue weighted by Gasteiger charge is 2.41. The van der Waals surface area contributed by atoms with Crippen LogP contribution < -0.4 is 10.2 Å². The Morgan fingerprint density at radius 1 is 1.23 bits per heavy atom. The van der Waals surface area contributed by atoms with Crippen LogP contribution in [0.5, 0.6) is 0 Å². The number of benzene rings is 2. The second-order valence-corrected chi connectivity index (χ2v) is 8.15. The Morgan fingerprint density at radius 3 is 2.77 bits per heavy atom. The van der Waals surface area contributed by atoms with Gasteiger partial charge >= 0.3 is 0 Å². The summed E-state index contributed by atoms with van der Waals surface area (Å²) in [5.74, 6) is -0.296. The van der Waals surface area contributed by atoms with Gasteiger partial charge in [-0.1, -0.05) is 30.3 Å². The summed E-state index contributed by atoms with van der Waals surface area (Å²) in [5, 5.41) is 14.2. The third kappa shape index (κ3) is 4.70. The highest BCUT2D eigenvalue weighted by Crippen LogP contribution is 2.38. The van der Waals surface area contributed by atoms with E-state index < -0.39 is 0 Å². The molecule has 0 spiro atoms. The van der Waals surface area contributed by atoms with Gasteiger partial charge in [-0.15, -0.1) is 0 Å². The van der Waals surface area contributed by atoms with E-state index in [-0.39, 0.29) is 28.5 Å². The van der Waals surface area contributed by atoms with Crippen LogP contribution in [0.4, 0.5) is 11.4 Å². The number of rotatable bonds is 7. The Morgan fingerprint density at radius 2 is 2.03 bits per heavy atom. The first kappa shape index (κ1) is 21.3. The number of fused-ring (bicyclic) bond motifs is 3. The molecule has 2 unspecified atom stereocenters. The van der Waals surface area contributed by atoms with Crippen LogP contribution in [-0.4, -0.2) is 61.7 Å². The molecule has 2 aliphatic heterocycles. The van der Waals surface area contributed by atoms with Gasteiger partial charge in [-0.3, -0.25) is 19.8 Å². The minimum atomic E-state index is -0.377. The second-order valence-electron chi connectivity index (χ2n) is 8.15. The topological polar surface area (TPSA) is 87.9 Å². The number of carbonyl (C=O) groups is 1. The zero-order valence-corrected chi connectivity index (χ0v) is 17.7. The van der Waals surface area contributed by atoms with Gasteiger partial charge in [0.05, 0.1) is 23.5 Å². The number of hydrogen-bond acceptors (Lipinski definition) is 6. The summed E-state index contributed by atoms with van der Waals surface area (Å²) in [7, 11) is 1.60. The molecule has 1 fully saturated rings. The van der Waals surface area contributed by atoms with Gasteiger partial charge in [-0.05, 0) is 23.6 Å². The molecule has 2 atom stereocenters. The van der Waals surface area contributed by atoms with Crippen molar-refractivity contribution >= 4 is 17.3 Å². The van der Waals surface area contributed by atoms with E-state index in [1.165, 1.54) is 5.56 Å². The van der Waals surface area contributed by atoms with Gasteiger partial charge in [-0.2, -0.15) is 0 Å². The SMILES string of the molecule is COCCNC(=O)C1Cc2cc([N+](=O)[O-])ccc2N2CCN(Cc3ccccc3)CC12. The Kier molecular flexibility index (Phi) is 6.48. The van der Waals surface area contributed by atoms with E-state index in [0.717, 1.165) is 37.4 Å². The van der Waals surface area contributed by atoms with E-state index in [1.54, 1.807) is 19.2 Å². The van der Waals surface area contributed by atoms with Crippen molar-refractivity contribution < 1.29 is 14.5 Å². The summed E-state index contributed by atoms with van der Waals surface area (Å²) >= 11 is 0. The number of nitrogens with one attached hydrogen (secondary N) is 1. The normalized spacial score (nSPS) is 20.6. The molecule has 2 aromatic rings. The fourth-order valence-electron chi connectivity index (χ4n) is 4.68. The molecule has 1 amide bonds. The molecule has 4 rings (SSSR count). The number of hydrogen-bond donors (Lipinski definition) is 1. The maximum absolute atomic E-state index is 13.1. The van der Waals surface area contributed by atoms with Gasteiger partial charge < -0.3 is 15.0 Å². The lowest BCUT2D eigenvalue weighted by Gasteiger charge is -2.49. The van der Waals surface area contributed by atoms with Gasteiger partial charge in [0, 0.05) is 57.7 Å². The van der Waals surface area contributed by atoms with Crippen LogP contribution in [0.15, 0.2) is 48.5 Å². The first-order chi connectivity index (χ1) is 15.1. The fraction of sp³-hybridized carbons (Fsp3) is 0.435. The number of methoxy groups -OCH3 is 1. The van der Waals surface area contributed by atoms with Crippen LogP contribution in [0.3, 0.4) is 0 Å². The minimum absolute atomic E-state index is 0.0222. The van der Waals surface area contributed by atoms with Crippen molar-refractivity contribution in [3.63, 3.8) is 0 Å². The van der Waals surface area contributed by atoms with E-state index in [1.807, 2.05) is 24.3 Å². The molecule has 2 aliphatic rings. The van der Waals surface area contributed by atoms with E-state index in [0.29, 0.717) is 19.6 Å². The van der Waals surface area contributed by atoms with E-state index in [4.69, 9.17) is 4.74 Å². The smallest absolute Gasteiger partial charge is 0.269 e. The molecular formula is C23H28N4O4. The average Bonchev–Trinajstić information content (AvgIpc) is 2.78. The van der Waals surface area contributed by atoms with Crippen molar-refractivity contribution in [1.82, 2.24) is 10.2 Å².